The van der Waals surface area contributed by atoms with E-state index in [2.05, 4.69) is 0 Å². The first-order valence-electron chi connectivity index (χ1n) is 11.5. The molecule has 8 nitrogen and oxygen atoms in total. The number of hydrogen-bond acceptors (Lipinski definition) is 5. The number of benzene rings is 1. The van der Waals surface area contributed by atoms with Crippen LogP contribution in [0.15, 0.2) is 50.6 Å². The summed E-state index contributed by atoms with van der Waals surface area (Å²) in [6.45, 7) is 8.95. The standard InChI is InChI=1S/C26H29N3O5/c1-13-8-7-9-17(20(13)30)19-16-10-11-28-23(33)27(6)24(34)29(28)18(16)12-25(4)21(31)14(2)15(3)22(32)26(19,25)5/h7-10,18-19,30H,11-12H2,1-6H3/t18-,19-,25+,26-/m1/s1. The number of aromatic hydroxyl groups is 1. The average molecular weight is 464 g/mol. The van der Waals surface area contributed by atoms with Gasteiger partial charge < -0.3 is 5.11 Å². The topological polar surface area (TPSA) is 103 Å². The molecule has 0 bridgehead atoms. The first-order chi connectivity index (χ1) is 15.9. The Kier molecular flexibility index (Phi) is 4.48. The van der Waals surface area contributed by atoms with Gasteiger partial charge in [0.25, 0.3) is 0 Å². The minimum Gasteiger partial charge on any atom is -0.507 e. The molecule has 0 saturated heterocycles. The number of carbonyl (C=O) groups is 2. The predicted molar refractivity (Wildman–Crippen MR) is 126 cm³/mol. The number of phenols is 1. The Morgan fingerprint density at radius 2 is 1.62 bits per heavy atom. The quantitative estimate of drug-likeness (QED) is 0.655. The van der Waals surface area contributed by atoms with Crippen molar-refractivity contribution in [2.24, 2.45) is 17.9 Å². The van der Waals surface area contributed by atoms with Crippen molar-refractivity contribution in [3.05, 3.63) is 73.1 Å². The van der Waals surface area contributed by atoms with E-state index in [0.29, 0.717) is 22.3 Å². The lowest BCUT2D eigenvalue weighted by Gasteiger charge is -2.58. The third-order valence-electron chi connectivity index (χ3n) is 8.89. The van der Waals surface area contributed by atoms with Crippen LogP contribution >= 0.6 is 0 Å². The zero-order chi connectivity index (χ0) is 24.9. The highest BCUT2D eigenvalue weighted by Gasteiger charge is 2.67. The zero-order valence-corrected chi connectivity index (χ0v) is 20.3. The Morgan fingerprint density at radius 1 is 0.971 bits per heavy atom. The normalized spacial score (nSPS) is 30.6. The van der Waals surface area contributed by atoms with E-state index in [9.17, 15) is 24.3 Å². The number of para-hydroxylation sites is 1. The highest BCUT2D eigenvalue weighted by atomic mass is 16.3. The van der Waals surface area contributed by atoms with E-state index in [1.165, 1.54) is 16.4 Å². The van der Waals surface area contributed by atoms with Gasteiger partial charge in [-0.1, -0.05) is 38.1 Å². The van der Waals surface area contributed by atoms with Crippen LogP contribution in [0.3, 0.4) is 0 Å². The van der Waals surface area contributed by atoms with Crippen LogP contribution in [0.1, 0.15) is 57.2 Å². The van der Waals surface area contributed by atoms with Crippen LogP contribution in [0.25, 0.3) is 0 Å². The summed E-state index contributed by atoms with van der Waals surface area (Å²) in [4.78, 5) is 53.7. The molecule has 4 atom stereocenters. The van der Waals surface area contributed by atoms with Gasteiger partial charge in [0.15, 0.2) is 11.6 Å². The Hall–Kier alpha value is -3.42. The fourth-order valence-corrected chi connectivity index (χ4v) is 6.57. The van der Waals surface area contributed by atoms with Crippen molar-refractivity contribution in [2.45, 2.75) is 59.5 Å². The van der Waals surface area contributed by atoms with Gasteiger partial charge in [-0.3, -0.25) is 9.59 Å². The molecule has 0 spiro atoms. The van der Waals surface area contributed by atoms with Crippen molar-refractivity contribution in [1.29, 1.82) is 0 Å². The highest BCUT2D eigenvalue weighted by Crippen LogP contribution is 2.66. The minimum atomic E-state index is -1.18. The highest BCUT2D eigenvalue weighted by molar-refractivity contribution is 6.17. The lowest BCUT2D eigenvalue weighted by molar-refractivity contribution is -0.151. The fraction of sp³-hybridized carbons (Fsp3) is 0.462. The summed E-state index contributed by atoms with van der Waals surface area (Å²) in [7, 11) is 1.44. The molecule has 1 N–H and O–H groups in total. The van der Waals surface area contributed by atoms with Crippen LogP contribution in [0, 0.1) is 17.8 Å². The van der Waals surface area contributed by atoms with E-state index in [1.54, 1.807) is 39.8 Å². The monoisotopic (exact) mass is 463 g/mol. The van der Waals surface area contributed by atoms with E-state index in [0.717, 1.165) is 10.1 Å². The number of rotatable bonds is 1. The van der Waals surface area contributed by atoms with Crippen molar-refractivity contribution in [3.8, 4) is 5.75 Å². The molecule has 1 fully saturated rings. The number of aryl methyl sites for hydroxylation is 1. The summed E-state index contributed by atoms with van der Waals surface area (Å²) in [5, 5.41) is 11.1. The minimum absolute atomic E-state index is 0.0742. The van der Waals surface area contributed by atoms with Crippen LogP contribution in [0.5, 0.6) is 5.75 Å². The molecule has 1 aliphatic heterocycles. The summed E-state index contributed by atoms with van der Waals surface area (Å²) in [6, 6.07) is 4.81. The first-order valence-corrected chi connectivity index (χ1v) is 11.5. The van der Waals surface area contributed by atoms with Gasteiger partial charge in [0.05, 0.1) is 18.0 Å². The van der Waals surface area contributed by atoms with Crippen LogP contribution in [-0.4, -0.2) is 30.6 Å². The second kappa shape index (κ2) is 6.81. The van der Waals surface area contributed by atoms with Gasteiger partial charge in [-0.2, -0.15) is 0 Å². The maximum Gasteiger partial charge on any atom is 0.347 e. The lowest BCUT2D eigenvalue weighted by Crippen LogP contribution is -2.61. The molecule has 1 aromatic heterocycles. The van der Waals surface area contributed by atoms with E-state index < -0.39 is 34.2 Å². The molecule has 8 heteroatoms. The van der Waals surface area contributed by atoms with Crippen LogP contribution in [0.4, 0.5) is 0 Å². The summed E-state index contributed by atoms with van der Waals surface area (Å²) in [6.07, 6.45) is 2.10. The number of phenolic OH excluding ortho intramolecular Hbond substituents is 1. The summed E-state index contributed by atoms with van der Waals surface area (Å²) in [5.74, 6) is -0.829. The van der Waals surface area contributed by atoms with E-state index in [1.807, 2.05) is 19.1 Å². The molecule has 0 unspecified atom stereocenters. The average Bonchev–Trinajstić information content (AvgIpc) is 3.03. The fourth-order valence-electron chi connectivity index (χ4n) is 6.57. The molecule has 2 aliphatic carbocycles. The Labute approximate surface area is 196 Å². The molecule has 2 aromatic rings. The molecule has 0 radical (unpaired) electrons. The third kappa shape index (κ3) is 2.38. The smallest absolute Gasteiger partial charge is 0.347 e. The van der Waals surface area contributed by atoms with E-state index in [4.69, 9.17) is 0 Å². The second-order valence-corrected chi connectivity index (χ2v) is 10.4. The van der Waals surface area contributed by atoms with E-state index >= 15 is 0 Å². The van der Waals surface area contributed by atoms with E-state index in [-0.39, 0.29) is 30.3 Å². The summed E-state index contributed by atoms with van der Waals surface area (Å²) in [5.41, 5.74) is -0.353. The SMILES string of the molecule is CC1=C(C)C(=O)[C@@]2(C)[C@@H](c3cccc(C)c3O)C3=CCn4c(=O)n(C)c(=O)n4[C@@H]3C[C@@]2(C)C1=O. The van der Waals surface area contributed by atoms with Gasteiger partial charge >= 0.3 is 11.4 Å². The first kappa shape index (κ1) is 22.4. The summed E-state index contributed by atoms with van der Waals surface area (Å²) < 4.78 is 3.88. The summed E-state index contributed by atoms with van der Waals surface area (Å²) >= 11 is 0. The zero-order valence-electron chi connectivity index (χ0n) is 20.3. The predicted octanol–water partition coefficient (Wildman–Crippen LogP) is 2.53. The number of nitrogens with zero attached hydrogens (tertiary/aromatic N) is 3. The molecule has 34 heavy (non-hydrogen) atoms. The number of carbonyl (C=O) groups excluding carboxylic acids is 2. The number of fused-ring (bicyclic) bond motifs is 4. The molecule has 1 aromatic carbocycles. The second-order valence-electron chi connectivity index (χ2n) is 10.4. The van der Waals surface area contributed by atoms with Gasteiger partial charge in [0, 0.05) is 23.9 Å². The molecule has 178 valence electrons. The number of aromatic nitrogens is 3. The molecule has 3 aliphatic rings. The van der Waals surface area contributed by atoms with Crippen molar-refractivity contribution >= 4 is 11.6 Å². The van der Waals surface area contributed by atoms with Gasteiger partial charge in [-0.15, -0.1) is 0 Å². The van der Waals surface area contributed by atoms with Crippen LogP contribution < -0.4 is 11.4 Å². The van der Waals surface area contributed by atoms with Gasteiger partial charge in [0.2, 0.25) is 0 Å². The molecule has 0 amide bonds. The Balaban J connectivity index is 1.89. The van der Waals surface area contributed by atoms with Gasteiger partial charge in [0.1, 0.15) is 5.75 Å². The maximum absolute atomic E-state index is 14.0. The molecule has 1 saturated carbocycles. The van der Waals surface area contributed by atoms with Gasteiger partial charge in [-0.05, 0) is 49.5 Å². The molecular weight excluding hydrogens is 434 g/mol. The largest absolute Gasteiger partial charge is 0.507 e. The Morgan fingerprint density at radius 3 is 2.29 bits per heavy atom. The molecule has 5 rings (SSSR count). The van der Waals surface area contributed by atoms with Crippen molar-refractivity contribution in [2.75, 3.05) is 0 Å². The van der Waals surface area contributed by atoms with Crippen molar-refractivity contribution < 1.29 is 14.7 Å². The number of allylic oxidation sites excluding steroid dienone is 4. The van der Waals surface area contributed by atoms with Crippen LogP contribution in [0.2, 0.25) is 0 Å². The Bertz CT molecular complexity index is 1480. The van der Waals surface area contributed by atoms with Crippen molar-refractivity contribution in [3.63, 3.8) is 0 Å². The maximum atomic E-state index is 14.0. The van der Waals surface area contributed by atoms with Gasteiger partial charge in [-0.25, -0.2) is 23.5 Å². The third-order valence-corrected chi connectivity index (χ3v) is 8.89. The number of hydrogen-bond donors (Lipinski definition) is 1. The van der Waals surface area contributed by atoms with Crippen LogP contribution in [-0.2, 0) is 23.2 Å². The number of ketones is 2. The van der Waals surface area contributed by atoms with Crippen molar-refractivity contribution in [1.82, 2.24) is 13.9 Å². The molecule has 2 heterocycles. The number of Topliss-reactive ketones (excluding diaryl/α,β-unsaturated/α-hetero) is 2. The lowest BCUT2D eigenvalue weighted by atomic mass is 9.43. The molecular formula is C26H29N3O5.